The predicted octanol–water partition coefficient (Wildman–Crippen LogP) is 4.79. The molecule has 3 aromatic carbocycles. The summed E-state index contributed by atoms with van der Waals surface area (Å²) in [7, 11) is 0. The zero-order valence-electron chi connectivity index (χ0n) is 17.5. The number of amides is 1. The van der Waals surface area contributed by atoms with Crippen molar-refractivity contribution in [2.24, 2.45) is 0 Å². The van der Waals surface area contributed by atoms with E-state index in [1.807, 2.05) is 43.3 Å². The third kappa shape index (κ3) is 4.73. The van der Waals surface area contributed by atoms with Crippen molar-refractivity contribution in [1.82, 2.24) is 20.8 Å². The number of nitrogens with zero attached hydrogens (tertiary/aromatic N) is 1. The van der Waals surface area contributed by atoms with Crippen LogP contribution in [0.3, 0.4) is 0 Å². The minimum atomic E-state index is -0.282. The van der Waals surface area contributed by atoms with Crippen LogP contribution in [-0.4, -0.2) is 21.0 Å². The summed E-state index contributed by atoms with van der Waals surface area (Å²) in [4.78, 5) is 20.5. The number of hydrazine groups is 1. The molecule has 0 bridgehead atoms. The van der Waals surface area contributed by atoms with Crippen molar-refractivity contribution in [2.45, 2.75) is 20.8 Å². The minimum Gasteiger partial charge on any atom is -0.338 e. The van der Waals surface area contributed by atoms with Crippen molar-refractivity contribution >= 4 is 40.0 Å². The largest absolute Gasteiger partial charge is 0.338 e. The highest BCUT2D eigenvalue weighted by atomic mass is 32.1. The lowest BCUT2D eigenvalue weighted by Gasteiger charge is -2.12. The number of thiocarbonyl (C=S) groups is 1. The summed E-state index contributed by atoms with van der Waals surface area (Å²) >= 11 is 5.23. The number of nitrogens with one attached hydrogen (secondary N) is 4. The molecule has 0 atom stereocenters. The van der Waals surface area contributed by atoms with Gasteiger partial charge in [-0.05, 0) is 86.1 Å². The Morgan fingerprint density at radius 2 is 1.68 bits per heavy atom. The molecule has 0 unspecified atom stereocenters. The summed E-state index contributed by atoms with van der Waals surface area (Å²) in [6.45, 7) is 6.16. The van der Waals surface area contributed by atoms with Gasteiger partial charge in [0.25, 0.3) is 5.91 Å². The van der Waals surface area contributed by atoms with Gasteiger partial charge in [-0.1, -0.05) is 24.3 Å². The summed E-state index contributed by atoms with van der Waals surface area (Å²) < 4.78 is 0. The second kappa shape index (κ2) is 8.57. The van der Waals surface area contributed by atoms with Gasteiger partial charge in [0.05, 0.1) is 11.0 Å². The molecular formula is C24H23N5OS. The van der Waals surface area contributed by atoms with Gasteiger partial charge in [0.2, 0.25) is 0 Å². The number of rotatable bonds is 3. The van der Waals surface area contributed by atoms with E-state index in [1.165, 1.54) is 11.1 Å². The van der Waals surface area contributed by atoms with Gasteiger partial charge in [0, 0.05) is 16.8 Å². The molecule has 7 heteroatoms. The van der Waals surface area contributed by atoms with E-state index in [0.29, 0.717) is 10.7 Å². The smallest absolute Gasteiger partial charge is 0.269 e. The van der Waals surface area contributed by atoms with Gasteiger partial charge in [-0.25, -0.2) is 4.98 Å². The van der Waals surface area contributed by atoms with Crippen molar-refractivity contribution in [2.75, 3.05) is 5.32 Å². The first-order valence-electron chi connectivity index (χ1n) is 9.90. The molecular weight excluding hydrogens is 406 g/mol. The number of fused-ring (bicyclic) bond motifs is 1. The molecule has 0 radical (unpaired) electrons. The van der Waals surface area contributed by atoms with Crippen LogP contribution in [0, 0.1) is 20.8 Å². The van der Waals surface area contributed by atoms with Crippen LogP contribution in [0.4, 0.5) is 5.69 Å². The van der Waals surface area contributed by atoms with E-state index in [9.17, 15) is 4.79 Å². The molecule has 1 heterocycles. The average Bonchev–Trinajstić information content (AvgIpc) is 3.15. The van der Waals surface area contributed by atoms with E-state index in [-0.39, 0.29) is 5.91 Å². The summed E-state index contributed by atoms with van der Waals surface area (Å²) in [5.74, 6) is 0.490. The Bertz CT molecular complexity index is 1240. The molecule has 156 valence electrons. The lowest BCUT2D eigenvalue weighted by Crippen LogP contribution is -2.43. The number of aromatic amines is 1. The van der Waals surface area contributed by atoms with Crippen LogP contribution in [0.1, 0.15) is 27.0 Å². The van der Waals surface area contributed by atoms with Gasteiger partial charge >= 0.3 is 0 Å². The molecule has 4 aromatic rings. The van der Waals surface area contributed by atoms with E-state index in [2.05, 4.69) is 52.1 Å². The normalized spacial score (nSPS) is 10.7. The third-order valence-electron chi connectivity index (χ3n) is 5.08. The standard InChI is InChI=1S/C24H23N5OS/c1-14-5-4-6-19(11-14)25-24(31)29-28-23(30)18-9-7-17(8-10-18)22-26-20-12-15(2)16(3)13-21(20)27-22/h4-13H,1-3H3,(H,26,27)(H,28,30)(H2,25,29,31). The Morgan fingerprint density at radius 1 is 0.935 bits per heavy atom. The van der Waals surface area contributed by atoms with Crippen molar-refractivity contribution in [3.05, 3.63) is 82.9 Å². The fraction of sp³-hybridized carbons (Fsp3) is 0.125. The molecule has 0 aliphatic rings. The molecule has 1 amide bonds. The van der Waals surface area contributed by atoms with Crippen molar-refractivity contribution in [3.8, 4) is 11.4 Å². The maximum Gasteiger partial charge on any atom is 0.269 e. The van der Waals surface area contributed by atoms with Crippen LogP contribution in [0.5, 0.6) is 0 Å². The molecule has 0 spiro atoms. The zero-order chi connectivity index (χ0) is 22.0. The average molecular weight is 430 g/mol. The molecule has 31 heavy (non-hydrogen) atoms. The quantitative estimate of drug-likeness (QED) is 0.278. The molecule has 0 saturated carbocycles. The fourth-order valence-corrected chi connectivity index (χ4v) is 3.43. The molecule has 4 N–H and O–H groups in total. The van der Waals surface area contributed by atoms with Gasteiger partial charge in [-0.3, -0.25) is 15.6 Å². The number of aryl methyl sites for hydroxylation is 3. The van der Waals surface area contributed by atoms with Crippen LogP contribution in [0.2, 0.25) is 0 Å². The Balaban J connectivity index is 1.39. The molecule has 1 aromatic heterocycles. The summed E-state index contributed by atoms with van der Waals surface area (Å²) in [6, 6.07) is 19.2. The van der Waals surface area contributed by atoms with Crippen molar-refractivity contribution < 1.29 is 4.79 Å². The van der Waals surface area contributed by atoms with E-state index < -0.39 is 0 Å². The first kappa shape index (κ1) is 20.6. The molecule has 4 rings (SSSR count). The minimum absolute atomic E-state index is 0.282. The summed E-state index contributed by atoms with van der Waals surface area (Å²) in [5.41, 5.74) is 13.1. The molecule has 6 nitrogen and oxygen atoms in total. The van der Waals surface area contributed by atoms with Crippen LogP contribution in [0.25, 0.3) is 22.4 Å². The Kier molecular flexibility index (Phi) is 5.68. The van der Waals surface area contributed by atoms with Crippen LogP contribution >= 0.6 is 12.2 Å². The predicted molar refractivity (Wildman–Crippen MR) is 129 cm³/mol. The number of hydrogen-bond acceptors (Lipinski definition) is 3. The van der Waals surface area contributed by atoms with E-state index in [1.54, 1.807) is 12.1 Å². The molecule has 0 aliphatic heterocycles. The van der Waals surface area contributed by atoms with Gasteiger partial charge in [0.15, 0.2) is 5.11 Å². The number of aromatic nitrogens is 2. The van der Waals surface area contributed by atoms with Crippen molar-refractivity contribution in [3.63, 3.8) is 0 Å². The van der Waals surface area contributed by atoms with Gasteiger partial charge in [-0.2, -0.15) is 0 Å². The second-order valence-electron chi connectivity index (χ2n) is 7.52. The highest BCUT2D eigenvalue weighted by Gasteiger charge is 2.10. The Morgan fingerprint density at radius 3 is 2.42 bits per heavy atom. The SMILES string of the molecule is Cc1cccc(NC(=S)NNC(=O)c2ccc(-c3nc4cc(C)c(C)cc4[nH]3)cc2)c1. The monoisotopic (exact) mass is 429 g/mol. The van der Waals surface area contributed by atoms with Crippen LogP contribution < -0.4 is 16.2 Å². The lowest BCUT2D eigenvalue weighted by atomic mass is 10.1. The first-order valence-corrected chi connectivity index (χ1v) is 10.3. The van der Waals surface area contributed by atoms with Gasteiger partial charge in [-0.15, -0.1) is 0 Å². The highest BCUT2D eigenvalue weighted by molar-refractivity contribution is 7.80. The number of carbonyl (C=O) groups excluding carboxylic acids is 1. The lowest BCUT2D eigenvalue weighted by molar-refractivity contribution is 0.0944. The molecule has 0 saturated heterocycles. The second-order valence-corrected chi connectivity index (χ2v) is 7.93. The van der Waals surface area contributed by atoms with Crippen LogP contribution in [0.15, 0.2) is 60.7 Å². The van der Waals surface area contributed by atoms with Gasteiger partial charge in [0.1, 0.15) is 5.82 Å². The number of anilines is 1. The Labute approximate surface area is 186 Å². The number of H-pyrrole nitrogens is 1. The summed E-state index contributed by atoms with van der Waals surface area (Å²) in [6.07, 6.45) is 0. The van der Waals surface area contributed by atoms with E-state index in [0.717, 1.165) is 33.7 Å². The zero-order valence-corrected chi connectivity index (χ0v) is 18.4. The first-order chi connectivity index (χ1) is 14.9. The fourth-order valence-electron chi connectivity index (χ4n) is 3.26. The third-order valence-corrected chi connectivity index (χ3v) is 5.29. The van der Waals surface area contributed by atoms with Crippen LogP contribution in [-0.2, 0) is 0 Å². The number of imidazole rings is 1. The Hall–Kier alpha value is -3.71. The number of benzene rings is 3. The number of hydrogen-bond donors (Lipinski definition) is 4. The van der Waals surface area contributed by atoms with E-state index in [4.69, 9.17) is 12.2 Å². The van der Waals surface area contributed by atoms with Gasteiger partial charge < -0.3 is 10.3 Å². The maximum absolute atomic E-state index is 12.4. The van der Waals surface area contributed by atoms with E-state index >= 15 is 0 Å². The number of carbonyl (C=O) groups is 1. The summed E-state index contributed by atoms with van der Waals surface area (Å²) in [5, 5.41) is 3.34. The molecule has 0 aliphatic carbocycles. The maximum atomic E-state index is 12.4. The topological polar surface area (TPSA) is 81.8 Å². The highest BCUT2D eigenvalue weighted by Crippen LogP contribution is 2.23. The molecule has 0 fully saturated rings. The van der Waals surface area contributed by atoms with Crippen molar-refractivity contribution in [1.29, 1.82) is 0 Å².